The van der Waals surface area contributed by atoms with Crippen LogP contribution >= 0.6 is 0 Å². The second-order valence-corrected chi connectivity index (χ2v) is 12.7. The Hall–Kier alpha value is -0.903. The fraction of sp³-hybridized carbons (Fsp3) is 0.579. The van der Waals surface area contributed by atoms with Crippen LogP contribution in [0.15, 0.2) is 43.0 Å². The van der Waals surface area contributed by atoms with Gasteiger partial charge in [0.05, 0.1) is 6.10 Å². The Balaban J connectivity index is 3.30. The molecule has 0 heterocycles. The smallest absolute Gasteiger partial charge is 0.347 e. The molecule has 1 rings (SSSR count). The highest BCUT2D eigenvalue weighted by Crippen LogP contribution is 2.52. The molecule has 3 heteroatoms. The molecule has 0 radical (unpaired) electrons. The Labute approximate surface area is 137 Å². The maximum Gasteiger partial charge on any atom is 0.347 e. The molecular weight excluding hydrogens is 288 g/mol. The van der Waals surface area contributed by atoms with Crippen molar-refractivity contribution in [3.8, 4) is 0 Å². The summed E-state index contributed by atoms with van der Waals surface area (Å²) < 4.78 is 6.53. The minimum atomic E-state index is -3.03. The van der Waals surface area contributed by atoms with Gasteiger partial charge in [-0.25, -0.2) is 0 Å². The zero-order chi connectivity index (χ0) is 17.2. The summed E-state index contributed by atoms with van der Waals surface area (Å²) in [6.45, 7) is 18.5. The number of hydrogen-bond acceptors (Lipinski definition) is 2. The second-order valence-electron chi connectivity index (χ2n) is 8.19. The van der Waals surface area contributed by atoms with Crippen molar-refractivity contribution in [2.75, 3.05) is 0 Å². The average molecular weight is 321 g/mol. The second kappa shape index (κ2) is 6.69. The van der Waals surface area contributed by atoms with Gasteiger partial charge in [-0.1, -0.05) is 84.9 Å². The first-order valence-electron chi connectivity index (χ1n) is 8.02. The van der Waals surface area contributed by atoms with Crippen LogP contribution in [0.1, 0.15) is 60.1 Å². The van der Waals surface area contributed by atoms with E-state index in [0.717, 1.165) is 5.56 Å². The summed E-state index contributed by atoms with van der Waals surface area (Å²) in [5, 5.41) is -0.557. The summed E-state index contributed by atoms with van der Waals surface area (Å²) in [5.74, 6) is 0.131. The molecule has 0 unspecified atom stereocenters. The fourth-order valence-corrected chi connectivity index (χ4v) is 6.58. The SMILES string of the molecule is C=C[C@@H](C)[C@H](O[Si](O)(C(C)(C)C)C(C)(C)C)c1ccccc1. The van der Waals surface area contributed by atoms with Crippen LogP contribution in [0, 0.1) is 5.92 Å². The van der Waals surface area contributed by atoms with Crippen LogP contribution in [0.5, 0.6) is 0 Å². The minimum Gasteiger partial charge on any atom is -0.410 e. The quantitative estimate of drug-likeness (QED) is 0.565. The van der Waals surface area contributed by atoms with E-state index in [-0.39, 0.29) is 22.1 Å². The first kappa shape index (κ1) is 19.1. The van der Waals surface area contributed by atoms with Crippen molar-refractivity contribution in [1.82, 2.24) is 0 Å². The maximum absolute atomic E-state index is 11.5. The topological polar surface area (TPSA) is 29.5 Å². The van der Waals surface area contributed by atoms with Crippen LogP contribution in [0.25, 0.3) is 0 Å². The molecular formula is C19H32O2Si. The van der Waals surface area contributed by atoms with Crippen LogP contribution in [0.4, 0.5) is 0 Å². The normalized spacial score (nSPS) is 16.2. The Kier molecular flexibility index (Phi) is 5.82. The molecule has 0 aromatic heterocycles. The number of hydrogen-bond donors (Lipinski definition) is 1. The zero-order valence-electron chi connectivity index (χ0n) is 15.2. The van der Waals surface area contributed by atoms with Crippen molar-refractivity contribution >= 4 is 8.56 Å². The van der Waals surface area contributed by atoms with Gasteiger partial charge < -0.3 is 9.22 Å². The van der Waals surface area contributed by atoms with Crippen molar-refractivity contribution in [2.45, 2.75) is 64.6 Å². The van der Waals surface area contributed by atoms with Gasteiger partial charge in [-0.15, -0.1) is 6.58 Å². The maximum atomic E-state index is 11.5. The lowest BCUT2D eigenvalue weighted by molar-refractivity contribution is 0.0876. The molecule has 0 aliphatic heterocycles. The third-order valence-corrected chi connectivity index (χ3v) is 8.97. The molecule has 0 spiro atoms. The molecule has 0 aliphatic carbocycles. The molecule has 124 valence electrons. The Morgan fingerprint density at radius 3 is 1.86 bits per heavy atom. The van der Waals surface area contributed by atoms with Gasteiger partial charge in [0.2, 0.25) is 0 Å². The summed E-state index contributed by atoms with van der Waals surface area (Å²) in [7, 11) is -3.03. The van der Waals surface area contributed by atoms with E-state index in [9.17, 15) is 4.80 Å². The predicted octanol–water partition coefficient (Wildman–Crippen LogP) is 5.60. The van der Waals surface area contributed by atoms with Gasteiger partial charge in [-0.2, -0.15) is 0 Å². The summed E-state index contributed by atoms with van der Waals surface area (Å²) in [6.07, 6.45) is 1.73. The molecule has 0 saturated carbocycles. The van der Waals surface area contributed by atoms with Crippen LogP contribution in [0.2, 0.25) is 10.1 Å². The van der Waals surface area contributed by atoms with Gasteiger partial charge >= 0.3 is 8.56 Å². The van der Waals surface area contributed by atoms with E-state index in [2.05, 4.69) is 67.2 Å². The van der Waals surface area contributed by atoms with Gasteiger partial charge in [-0.05, 0) is 5.56 Å². The molecule has 0 bridgehead atoms. The number of rotatable bonds is 5. The molecule has 0 saturated heterocycles. The zero-order valence-corrected chi connectivity index (χ0v) is 16.2. The Morgan fingerprint density at radius 1 is 1.05 bits per heavy atom. The fourth-order valence-electron chi connectivity index (χ4n) is 2.91. The first-order valence-corrected chi connectivity index (χ1v) is 9.87. The first-order chi connectivity index (χ1) is 9.94. The van der Waals surface area contributed by atoms with Crippen LogP contribution in [0.3, 0.4) is 0 Å². The standard InChI is InChI=1S/C19H32O2Si/c1-9-15(2)17(16-13-11-10-12-14-16)21-22(20,18(3,4)5)19(6,7)8/h9-15,17,20H,1H2,2-8H3/t15-,17+/m1/s1. The van der Waals surface area contributed by atoms with Crippen molar-refractivity contribution < 1.29 is 9.22 Å². The summed E-state index contributed by atoms with van der Waals surface area (Å²) in [6, 6.07) is 10.1. The summed E-state index contributed by atoms with van der Waals surface area (Å²) in [5.41, 5.74) is 1.09. The van der Waals surface area contributed by atoms with Crippen molar-refractivity contribution in [3.05, 3.63) is 48.6 Å². The van der Waals surface area contributed by atoms with Crippen molar-refractivity contribution in [3.63, 3.8) is 0 Å². The molecule has 1 N–H and O–H groups in total. The summed E-state index contributed by atoms with van der Waals surface area (Å²) in [4.78, 5) is 11.5. The van der Waals surface area contributed by atoms with Crippen molar-refractivity contribution in [2.24, 2.45) is 5.92 Å². The molecule has 2 nitrogen and oxygen atoms in total. The van der Waals surface area contributed by atoms with Crippen LogP contribution in [-0.2, 0) is 4.43 Å². The molecule has 2 atom stereocenters. The lowest BCUT2D eigenvalue weighted by Gasteiger charge is -2.48. The van der Waals surface area contributed by atoms with Gasteiger partial charge in [0.25, 0.3) is 0 Å². The van der Waals surface area contributed by atoms with Crippen molar-refractivity contribution in [1.29, 1.82) is 0 Å². The molecule has 0 fully saturated rings. The number of benzene rings is 1. The molecule has 0 aliphatic rings. The van der Waals surface area contributed by atoms with E-state index in [4.69, 9.17) is 4.43 Å². The highest BCUT2D eigenvalue weighted by molar-refractivity contribution is 6.72. The molecule has 1 aromatic carbocycles. The third kappa shape index (κ3) is 3.89. The van der Waals surface area contributed by atoms with E-state index in [1.165, 1.54) is 0 Å². The van der Waals surface area contributed by atoms with E-state index in [1.807, 2.05) is 24.3 Å². The highest BCUT2D eigenvalue weighted by Gasteiger charge is 2.56. The van der Waals surface area contributed by atoms with Crippen LogP contribution in [-0.4, -0.2) is 13.4 Å². The van der Waals surface area contributed by atoms with Gasteiger partial charge in [0.1, 0.15) is 0 Å². The van der Waals surface area contributed by atoms with Crippen LogP contribution < -0.4 is 0 Å². The van der Waals surface area contributed by atoms with E-state index >= 15 is 0 Å². The minimum absolute atomic E-state index is 0.131. The van der Waals surface area contributed by atoms with E-state index in [1.54, 1.807) is 0 Å². The summed E-state index contributed by atoms with van der Waals surface area (Å²) >= 11 is 0. The lowest BCUT2D eigenvalue weighted by Crippen LogP contribution is -2.56. The molecule has 22 heavy (non-hydrogen) atoms. The van der Waals surface area contributed by atoms with Gasteiger partial charge in [0.15, 0.2) is 0 Å². The predicted molar refractivity (Wildman–Crippen MR) is 97.0 cm³/mol. The lowest BCUT2D eigenvalue weighted by atomic mass is 9.98. The highest BCUT2D eigenvalue weighted by atomic mass is 28.4. The van der Waals surface area contributed by atoms with E-state index in [0.29, 0.717) is 0 Å². The average Bonchev–Trinajstić information content (AvgIpc) is 2.42. The largest absolute Gasteiger partial charge is 0.410 e. The van der Waals surface area contributed by atoms with Gasteiger partial charge in [0, 0.05) is 16.0 Å². The molecule has 0 amide bonds. The Bertz CT molecular complexity index is 468. The van der Waals surface area contributed by atoms with E-state index < -0.39 is 8.56 Å². The monoisotopic (exact) mass is 320 g/mol. The molecule has 1 aromatic rings. The van der Waals surface area contributed by atoms with Gasteiger partial charge in [-0.3, -0.25) is 0 Å². The Morgan fingerprint density at radius 2 is 1.50 bits per heavy atom. The third-order valence-electron chi connectivity index (χ3n) is 4.31.